The van der Waals surface area contributed by atoms with Crippen LogP contribution in [-0.4, -0.2) is 25.1 Å². The third-order valence-electron chi connectivity index (χ3n) is 3.65. The zero-order valence-corrected chi connectivity index (χ0v) is 14.6. The number of nitrogens with zero attached hydrogens (tertiary/aromatic N) is 2. The third kappa shape index (κ3) is 3.94. The van der Waals surface area contributed by atoms with Crippen molar-refractivity contribution in [2.45, 2.75) is 18.2 Å². The molecule has 1 heterocycles. The second-order valence-corrected chi connectivity index (χ2v) is 7.32. The van der Waals surface area contributed by atoms with E-state index in [4.69, 9.17) is 4.52 Å². The molecule has 6 nitrogen and oxygen atoms in total. The predicted octanol–water partition coefficient (Wildman–Crippen LogP) is 2.84. The maximum Gasteiger partial charge on any atom is 0.240 e. The number of aryl methyl sites for hydroxylation is 1. The fraction of sp³-hybridized carbons (Fsp3) is 0.176. The molecule has 3 rings (SSSR count). The summed E-state index contributed by atoms with van der Waals surface area (Å²) in [5.41, 5.74) is 0.434. The second-order valence-electron chi connectivity index (χ2n) is 5.55. The minimum Gasteiger partial charge on any atom is -0.339 e. The molecule has 1 aromatic heterocycles. The van der Waals surface area contributed by atoms with Crippen molar-refractivity contribution < 1.29 is 21.7 Å². The maximum atomic E-state index is 13.7. The number of halogens is 2. The first-order valence-corrected chi connectivity index (χ1v) is 9.18. The number of aromatic nitrogens is 2. The Balaban J connectivity index is 1.65. The zero-order valence-electron chi connectivity index (χ0n) is 13.7. The highest BCUT2D eigenvalue weighted by Gasteiger charge is 2.16. The quantitative estimate of drug-likeness (QED) is 0.712. The summed E-state index contributed by atoms with van der Waals surface area (Å²) in [7, 11) is -3.79. The van der Waals surface area contributed by atoms with E-state index >= 15 is 0 Å². The number of benzene rings is 2. The Morgan fingerprint density at radius 2 is 1.88 bits per heavy atom. The number of nitrogens with one attached hydrogen (secondary N) is 1. The van der Waals surface area contributed by atoms with Crippen molar-refractivity contribution in [1.29, 1.82) is 0 Å². The van der Waals surface area contributed by atoms with Crippen LogP contribution >= 0.6 is 0 Å². The fourth-order valence-corrected chi connectivity index (χ4v) is 3.38. The molecule has 0 radical (unpaired) electrons. The lowest BCUT2D eigenvalue weighted by Crippen LogP contribution is -2.26. The number of rotatable bonds is 6. The van der Waals surface area contributed by atoms with Gasteiger partial charge in [-0.05, 0) is 42.8 Å². The average Bonchev–Trinajstić information content (AvgIpc) is 3.06. The van der Waals surface area contributed by atoms with Crippen molar-refractivity contribution in [2.75, 3.05) is 6.54 Å². The Labute approximate surface area is 148 Å². The van der Waals surface area contributed by atoms with Gasteiger partial charge in [0.25, 0.3) is 0 Å². The highest BCUT2D eigenvalue weighted by Crippen LogP contribution is 2.19. The molecule has 0 saturated heterocycles. The summed E-state index contributed by atoms with van der Waals surface area (Å²) in [6, 6.07) is 9.53. The van der Waals surface area contributed by atoms with E-state index in [1.807, 2.05) is 0 Å². The molecule has 0 bridgehead atoms. The normalized spacial score (nSPS) is 11.7. The SMILES string of the molecule is Cc1cc(S(=O)(=O)NCCc2nc(-c3ccccc3F)no2)ccc1F. The summed E-state index contributed by atoms with van der Waals surface area (Å²) in [5, 5.41) is 3.70. The summed E-state index contributed by atoms with van der Waals surface area (Å²) < 4.78 is 58.8. The third-order valence-corrected chi connectivity index (χ3v) is 5.11. The fourth-order valence-electron chi connectivity index (χ4n) is 2.27. The largest absolute Gasteiger partial charge is 0.339 e. The molecule has 0 aliphatic carbocycles. The number of sulfonamides is 1. The van der Waals surface area contributed by atoms with E-state index in [1.165, 1.54) is 31.2 Å². The van der Waals surface area contributed by atoms with Gasteiger partial charge in [-0.2, -0.15) is 4.98 Å². The summed E-state index contributed by atoms with van der Waals surface area (Å²) in [6.07, 6.45) is 0.126. The first kappa shape index (κ1) is 18.2. The van der Waals surface area contributed by atoms with Crippen LogP contribution in [0.15, 0.2) is 51.9 Å². The lowest BCUT2D eigenvalue weighted by Gasteiger charge is -2.06. The highest BCUT2D eigenvalue weighted by atomic mass is 32.2. The molecule has 0 atom stereocenters. The number of hydrogen-bond donors (Lipinski definition) is 1. The molecule has 1 N–H and O–H groups in total. The smallest absolute Gasteiger partial charge is 0.240 e. The van der Waals surface area contributed by atoms with E-state index in [9.17, 15) is 17.2 Å². The highest BCUT2D eigenvalue weighted by molar-refractivity contribution is 7.89. The molecule has 2 aromatic carbocycles. The molecular weight excluding hydrogens is 364 g/mol. The van der Waals surface area contributed by atoms with Gasteiger partial charge in [0.2, 0.25) is 21.7 Å². The summed E-state index contributed by atoms with van der Waals surface area (Å²) in [4.78, 5) is 4.02. The van der Waals surface area contributed by atoms with Crippen LogP contribution in [0.25, 0.3) is 11.4 Å². The van der Waals surface area contributed by atoms with Crippen LogP contribution in [0.5, 0.6) is 0 Å². The lowest BCUT2D eigenvalue weighted by molar-refractivity contribution is 0.378. The molecule has 0 saturated carbocycles. The molecule has 3 aromatic rings. The summed E-state index contributed by atoms with van der Waals surface area (Å²) in [6.45, 7) is 1.48. The Hall–Kier alpha value is -2.65. The van der Waals surface area contributed by atoms with E-state index in [-0.39, 0.29) is 40.7 Å². The van der Waals surface area contributed by atoms with Crippen molar-refractivity contribution in [3.8, 4) is 11.4 Å². The Morgan fingerprint density at radius 3 is 2.62 bits per heavy atom. The van der Waals surface area contributed by atoms with Crippen LogP contribution in [-0.2, 0) is 16.4 Å². The minimum atomic E-state index is -3.79. The summed E-state index contributed by atoms with van der Waals surface area (Å²) in [5.74, 6) is -0.695. The standard InChI is InChI=1S/C17H15F2N3O3S/c1-11-10-12(6-7-14(11)18)26(23,24)20-9-8-16-21-17(22-25-16)13-4-2-3-5-15(13)19/h2-7,10,20H,8-9H2,1H3. The Kier molecular flexibility index (Phi) is 5.10. The van der Waals surface area contributed by atoms with Crippen molar-refractivity contribution >= 4 is 10.0 Å². The molecule has 0 spiro atoms. The van der Waals surface area contributed by atoms with Crippen LogP contribution in [0, 0.1) is 18.6 Å². The predicted molar refractivity (Wildman–Crippen MR) is 89.7 cm³/mol. The van der Waals surface area contributed by atoms with Gasteiger partial charge in [-0.3, -0.25) is 0 Å². The van der Waals surface area contributed by atoms with Gasteiger partial charge in [0.1, 0.15) is 11.6 Å². The second kappa shape index (κ2) is 7.30. The maximum absolute atomic E-state index is 13.7. The minimum absolute atomic E-state index is 0.00232. The van der Waals surface area contributed by atoms with E-state index in [0.29, 0.717) is 0 Å². The number of hydrogen-bond acceptors (Lipinski definition) is 5. The van der Waals surface area contributed by atoms with Gasteiger partial charge in [0, 0.05) is 13.0 Å². The van der Waals surface area contributed by atoms with Crippen LogP contribution in [0.2, 0.25) is 0 Å². The molecule has 0 aliphatic rings. The van der Waals surface area contributed by atoms with Gasteiger partial charge in [-0.15, -0.1) is 0 Å². The van der Waals surface area contributed by atoms with Crippen molar-refractivity contribution in [1.82, 2.24) is 14.9 Å². The monoisotopic (exact) mass is 379 g/mol. The lowest BCUT2D eigenvalue weighted by atomic mass is 10.2. The van der Waals surface area contributed by atoms with Gasteiger partial charge < -0.3 is 4.52 Å². The molecule has 0 aliphatic heterocycles. The van der Waals surface area contributed by atoms with Crippen LogP contribution in [0.1, 0.15) is 11.5 Å². The Bertz CT molecular complexity index is 1040. The first-order chi connectivity index (χ1) is 12.4. The van der Waals surface area contributed by atoms with E-state index < -0.39 is 21.7 Å². The van der Waals surface area contributed by atoms with Crippen LogP contribution in [0.3, 0.4) is 0 Å². The molecule has 26 heavy (non-hydrogen) atoms. The zero-order chi connectivity index (χ0) is 18.7. The van der Waals surface area contributed by atoms with Crippen LogP contribution in [0.4, 0.5) is 8.78 Å². The van der Waals surface area contributed by atoms with E-state index in [1.54, 1.807) is 12.1 Å². The van der Waals surface area contributed by atoms with Gasteiger partial charge in [0.05, 0.1) is 10.5 Å². The van der Waals surface area contributed by atoms with Gasteiger partial charge in [-0.25, -0.2) is 21.9 Å². The van der Waals surface area contributed by atoms with Crippen molar-refractivity contribution in [3.63, 3.8) is 0 Å². The average molecular weight is 379 g/mol. The van der Waals surface area contributed by atoms with E-state index in [2.05, 4.69) is 14.9 Å². The molecule has 0 amide bonds. The van der Waals surface area contributed by atoms with Crippen LogP contribution < -0.4 is 4.72 Å². The van der Waals surface area contributed by atoms with Crippen molar-refractivity contribution in [2.24, 2.45) is 0 Å². The molecule has 0 fully saturated rings. The van der Waals surface area contributed by atoms with Gasteiger partial charge >= 0.3 is 0 Å². The van der Waals surface area contributed by atoms with Crippen molar-refractivity contribution in [3.05, 3.63) is 65.6 Å². The summed E-state index contributed by atoms with van der Waals surface area (Å²) >= 11 is 0. The van der Waals surface area contributed by atoms with Gasteiger partial charge in [-0.1, -0.05) is 17.3 Å². The molecule has 9 heteroatoms. The molecular formula is C17H15F2N3O3S. The first-order valence-electron chi connectivity index (χ1n) is 7.70. The topological polar surface area (TPSA) is 85.1 Å². The molecule has 0 unspecified atom stereocenters. The molecule has 136 valence electrons. The van der Waals surface area contributed by atoms with E-state index in [0.717, 1.165) is 6.07 Å². The Morgan fingerprint density at radius 1 is 1.12 bits per heavy atom. The van der Waals surface area contributed by atoms with Gasteiger partial charge in [0.15, 0.2) is 0 Å².